The van der Waals surface area contributed by atoms with Crippen LogP contribution in [0, 0.1) is 10.7 Å². The lowest BCUT2D eigenvalue weighted by Gasteiger charge is -2.18. The van der Waals surface area contributed by atoms with Gasteiger partial charge in [0.1, 0.15) is 0 Å². The molecule has 0 spiro atoms. The molecule has 1 fully saturated rings. The van der Waals surface area contributed by atoms with Crippen molar-refractivity contribution in [2.45, 2.75) is 44.1 Å². The van der Waals surface area contributed by atoms with Crippen LogP contribution in [-0.2, 0) is 9.73 Å². The maximum Gasteiger partial charge on any atom is 0.0499 e. The summed E-state index contributed by atoms with van der Waals surface area (Å²) in [4.78, 5) is 0. The van der Waals surface area contributed by atoms with Crippen molar-refractivity contribution in [1.29, 1.82) is 4.78 Å². The molecule has 2 atom stereocenters. The second-order valence-corrected chi connectivity index (χ2v) is 6.50. The Morgan fingerprint density at radius 1 is 1.36 bits per heavy atom. The summed E-state index contributed by atoms with van der Waals surface area (Å²) in [5, 5.41) is 0.287. The normalized spacial score (nSPS) is 26.5. The molecule has 1 aliphatic carbocycles. The van der Waals surface area contributed by atoms with Gasteiger partial charge in [-0.05, 0) is 25.7 Å². The molecule has 0 amide bonds. The molecule has 0 aliphatic heterocycles. The molecule has 1 rings (SSSR count). The van der Waals surface area contributed by atoms with Gasteiger partial charge in [-0.25, -0.2) is 4.21 Å². The molecule has 1 N–H and O–H groups in total. The quantitative estimate of drug-likeness (QED) is 0.702. The second kappa shape index (κ2) is 2.77. The van der Waals surface area contributed by atoms with Gasteiger partial charge in [0.2, 0.25) is 0 Å². The number of hydrogen-bond donors (Lipinski definition) is 1. The predicted octanol–water partition coefficient (Wildman–Crippen LogP) is 2.24. The van der Waals surface area contributed by atoms with Gasteiger partial charge in [-0.2, -0.15) is 0 Å². The van der Waals surface area contributed by atoms with Crippen molar-refractivity contribution in [3.05, 3.63) is 0 Å². The summed E-state index contributed by atoms with van der Waals surface area (Å²) in [7, 11) is -2.27. The fourth-order valence-electron chi connectivity index (χ4n) is 1.13. The third-order valence-corrected chi connectivity index (χ3v) is 5.62. The predicted molar refractivity (Wildman–Crippen MR) is 48.2 cm³/mol. The monoisotopic (exact) mass is 175 g/mol. The maximum absolute atomic E-state index is 11.8. The summed E-state index contributed by atoms with van der Waals surface area (Å²) in [6.45, 7) is 6.03. The van der Waals surface area contributed by atoms with Crippen molar-refractivity contribution >= 4 is 9.73 Å². The van der Waals surface area contributed by atoms with Crippen molar-refractivity contribution in [3.63, 3.8) is 0 Å². The van der Waals surface area contributed by atoms with Gasteiger partial charge in [-0.3, -0.25) is 4.78 Å². The molecular formula is C8H17NOS. The third kappa shape index (κ3) is 1.75. The van der Waals surface area contributed by atoms with Crippen LogP contribution in [0.25, 0.3) is 0 Å². The molecule has 0 aromatic carbocycles. The molecule has 0 saturated heterocycles. The Labute approximate surface area is 69.4 Å². The van der Waals surface area contributed by atoms with E-state index in [9.17, 15) is 4.21 Å². The van der Waals surface area contributed by atoms with E-state index in [0.29, 0.717) is 5.92 Å². The third-order valence-electron chi connectivity index (χ3n) is 2.51. The van der Waals surface area contributed by atoms with Gasteiger partial charge >= 0.3 is 0 Å². The summed E-state index contributed by atoms with van der Waals surface area (Å²) >= 11 is 0. The largest absolute Gasteiger partial charge is 0.252 e. The van der Waals surface area contributed by atoms with E-state index < -0.39 is 9.73 Å². The minimum Gasteiger partial charge on any atom is -0.252 e. The van der Waals surface area contributed by atoms with E-state index in [1.54, 1.807) is 0 Å². The molecule has 0 aromatic heterocycles. The first kappa shape index (κ1) is 9.04. The van der Waals surface area contributed by atoms with Gasteiger partial charge in [0, 0.05) is 20.2 Å². The SMILES string of the molecule is CC(C)[C@H](C)[S@](=N)(=O)C1CC1. The number of rotatable bonds is 3. The van der Waals surface area contributed by atoms with E-state index in [-0.39, 0.29) is 10.5 Å². The Hall–Kier alpha value is -0.0500. The number of nitrogens with one attached hydrogen (secondary N) is 1. The van der Waals surface area contributed by atoms with E-state index >= 15 is 0 Å². The molecular weight excluding hydrogens is 158 g/mol. The summed E-state index contributed by atoms with van der Waals surface area (Å²) < 4.78 is 19.5. The van der Waals surface area contributed by atoms with Crippen LogP contribution in [0.2, 0.25) is 0 Å². The van der Waals surface area contributed by atoms with Crippen molar-refractivity contribution in [2.75, 3.05) is 0 Å². The van der Waals surface area contributed by atoms with Crippen LogP contribution in [0.1, 0.15) is 33.6 Å². The Bertz CT molecular complexity index is 226. The van der Waals surface area contributed by atoms with E-state index in [1.807, 2.05) is 20.8 Å². The van der Waals surface area contributed by atoms with Gasteiger partial charge in [-0.15, -0.1) is 0 Å². The first-order chi connectivity index (χ1) is 4.96. The second-order valence-electron chi connectivity index (χ2n) is 3.80. The van der Waals surface area contributed by atoms with Gasteiger partial charge in [0.05, 0.1) is 0 Å². The molecule has 3 heteroatoms. The highest BCUT2D eigenvalue weighted by Crippen LogP contribution is 2.33. The molecule has 11 heavy (non-hydrogen) atoms. The smallest absolute Gasteiger partial charge is 0.0499 e. The van der Waals surface area contributed by atoms with Gasteiger partial charge in [0.25, 0.3) is 0 Å². The van der Waals surface area contributed by atoms with E-state index in [4.69, 9.17) is 4.78 Å². The van der Waals surface area contributed by atoms with Crippen LogP contribution in [0.5, 0.6) is 0 Å². The molecule has 1 saturated carbocycles. The highest BCUT2D eigenvalue weighted by molar-refractivity contribution is 7.93. The van der Waals surface area contributed by atoms with Gasteiger partial charge in [-0.1, -0.05) is 13.8 Å². The fourth-order valence-corrected chi connectivity index (χ4v) is 3.38. The van der Waals surface area contributed by atoms with Crippen LogP contribution in [0.4, 0.5) is 0 Å². The van der Waals surface area contributed by atoms with Gasteiger partial charge in [0.15, 0.2) is 0 Å². The lowest BCUT2D eigenvalue weighted by Crippen LogP contribution is -2.25. The highest BCUT2D eigenvalue weighted by atomic mass is 32.2. The zero-order valence-electron chi connectivity index (χ0n) is 7.46. The first-order valence-corrected chi connectivity index (χ1v) is 5.91. The van der Waals surface area contributed by atoms with Gasteiger partial charge < -0.3 is 0 Å². The molecule has 0 aromatic rings. The van der Waals surface area contributed by atoms with Crippen LogP contribution in [-0.4, -0.2) is 14.7 Å². The summed E-state index contributed by atoms with van der Waals surface area (Å²) in [6, 6.07) is 0. The summed E-state index contributed by atoms with van der Waals surface area (Å²) in [5.41, 5.74) is 0. The average molecular weight is 175 g/mol. The molecule has 1 aliphatic rings. The van der Waals surface area contributed by atoms with Crippen molar-refractivity contribution in [3.8, 4) is 0 Å². The Balaban J connectivity index is 2.71. The Morgan fingerprint density at radius 3 is 2.09 bits per heavy atom. The zero-order valence-corrected chi connectivity index (χ0v) is 8.28. The lowest BCUT2D eigenvalue weighted by atomic mass is 10.2. The topological polar surface area (TPSA) is 40.9 Å². The van der Waals surface area contributed by atoms with Crippen LogP contribution < -0.4 is 0 Å². The lowest BCUT2D eigenvalue weighted by molar-refractivity contribution is 0.596. The average Bonchev–Trinajstić information content (AvgIpc) is 2.66. The standard InChI is InChI=1S/C8H17NOS/c1-6(2)7(3)11(9,10)8-4-5-8/h6-9H,4-5H2,1-3H3/t7-,11-/m0/s1. The highest BCUT2D eigenvalue weighted by Gasteiger charge is 2.36. The minimum absolute atomic E-state index is 0.0648. The fraction of sp³-hybridized carbons (Fsp3) is 1.00. The van der Waals surface area contributed by atoms with Crippen LogP contribution in [0.3, 0.4) is 0 Å². The molecule has 0 heterocycles. The summed E-state index contributed by atoms with van der Waals surface area (Å²) in [6.07, 6.45) is 2.03. The molecule has 66 valence electrons. The van der Waals surface area contributed by atoms with Crippen LogP contribution in [0.15, 0.2) is 0 Å². The molecule has 0 bridgehead atoms. The Morgan fingerprint density at radius 2 is 1.82 bits per heavy atom. The Kier molecular flexibility index (Phi) is 2.28. The molecule has 2 nitrogen and oxygen atoms in total. The zero-order chi connectivity index (χ0) is 8.65. The van der Waals surface area contributed by atoms with E-state index in [0.717, 1.165) is 12.8 Å². The van der Waals surface area contributed by atoms with Crippen molar-refractivity contribution in [2.24, 2.45) is 5.92 Å². The number of hydrogen-bond acceptors (Lipinski definition) is 2. The minimum atomic E-state index is -2.27. The van der Waals surface area contributed by atoms with Crippen LogP contribution >= 0.6 is 0 Å². The molecule has 0 radical (unpaired) electrons. The molecule has 0 unspecified atom stereocenters. The van der Waals surface area contributed by atoms with Crippen molar-refractivity contribution in [1.82, 2.24) is 0 Å². The first-order valence-electron chi connectivity index (χ1n) is 4.22. The van der Waals surface area contributed by atoms with Crippen molar-refractivity contribution < 1.29 is 4.21 Å². The van der Waals surface area contributed by atoms with E-state index in [2.05, 4.69) is 0 Å². The van der Waals surface area contributed by atoms with E-state index in [1.165, 1.54) is 0 Å². The maximum atomic E-state index is 11.8. The summed E-state index contributed by atoms with van der Waals surface area (Å²) in [5.74, 6) is 0.376.